The largest absolute Gasteiger partial charge is 0.472 e. The predicted octanol–water partition coefficient (Wildman–Crippen LogP) is 3.73. The average molecular weight is 443 g/mol. The zero-order valence-corrected chi connectivity index (χ0v) is 17.7. The molecule has 0 unspecified atom stereocenters. The summed E-state index contributed by atoms with van der Waals surface area (Å²) in [5.74, 6) is 0.977. The highest BCUT2D eigenvalue weighted by molar-refractivity contribution is 6.30. The Morgan fingerprint density at radius 1 is 1.16 bits per heavy atom. The average Bonchev–Trinajstić information content (AvgIpc) is 3.47. The molecule has 2 aromatic heterocycles. The summed E-state index contributed by atoms with van der Waals surface area (Å²) in [6.07, 6.45) is 5.96. The summed E-state index contributed by atoms with van der Waals surface area (Å²) in [7, 11) is 0. The summed E-state index contributed by atoms with van der Waals surface area (Å²) in [6.45, 7) is 1.23. The van der Waals surface area contributed by atoms with E-state index >= 15 is 0 Å². The lowest BCUT2D eigenvalue weighted by molar-refractivity contribution is -0.122. The molecule has 1 fully saturated rings. The minimum atomic E-state index is -0.0314. The Morgan fingerprint density at radius 2 is 1.94 bits per heavy atom. The number of furan rings is 1. The maximum atomic E-state index is 12.3. The number of nitrogens with zero attached hydrogens (tertiary/aromatic N) is 3. The topological polar surface area (TPSA) is 101 Å². The number of rotatable bonds is 7. The Hall–Kier alpha value is -3.13. The number of hydrogen-bond donors (Lipinski definition) is 1. The second kappa shape index (κ2) is 9.78. The van der Waals surface area contributed by atoms with Crippen LogP contribution in [0.5, 0.6) is 0 Å². The summed E-state index contributed by atoms with van der Waals surface area (Å²) >= 11 is 5.89. The number of piperidine rings is 1. The van der Waals surface area contributed by atoms with Crippen LogP contribution in [0.3, 0.4) is 0 Å². The highest BCUT2D eigenvalue weighted by Gasteiger charge is 2.25. The third-order valence-electron chi connectivity index (χ3n) is 5.28. The molecule has 1 aliphatic rings. The standard InChI is InChI=1S/C22H23ClN4O4/c23-17-6-4-15(5-7-17)21-25-20(31-26-21)3-1-2-19(28)24-18-8-11-27(12-9-18)22(29)16-10-13-30-14-16/h4-7,10,13-14,18H,1-3,8-9,11-12H2,(H,24,28). The van der Waals surface area contributed by atoms with Gasteiger partial charge in [0.05, 0.1) is 11.8 Å². The molecule has 0 atom stereocenters. The highest BCUT2D eigenvalue weighted by Crippen LogP contribution is 2.19. The molecular weight excluding hydrogens is 420 g/mol. The monoisotopic (exact) mass is 442 g/mol. The van der Waals surface area contributed by atoms with E-state index in [1.54, 1.807) is 23.1 Å². The molecule has 31 heavy (non-hydrogen) atoms. The van der Waals surface area contributed by atoms with Crippen molar-refractivity contribution in [1.29, 1.82) is 0 Å². The van der Waals surface area contributed by atoms with Gasteiger partial charge < -0.3 is 19.2 Å². The Labute approximate surface area is 184 Å². The van der Waals surface area contributed by atoms with Crippen molar-refractivity contribution in [2.75, 3.05) is 13.1 Å². The molecule has 2 amide bonds. The van der Waals surface area contributed by atoms with Crippen molar-refractivity contribution in [3.63, 3.8) is 0 Å². The number of aryl methyl sites for hydroxylation is 1. The molecule has 3 heterocycles. The highest BCUT2D eigenvalue weighted by atomic mass is 35.5. The minimum Gasteiger partial charge on any atom is -0.472 e. The maximum Gasteiger partial charge on any atom is 0.257 e. The molecular formula is C22H23ClN4O4. The van der Waals surface area contributed by atoms with Gasteiger partial charge >= 0.3 is 0 Å². The number of carbonyl (C=O) groups is 2. The van der Waals surface area contributed by atoms with Gasteiger partial charge in [-0.2, -0.15) is 4.98 Å². The number of aromatic nitrogens is 2. The quantitative estimate of drug-likeness (QED) is 0.598. The fraction of sp³-hybridized carbons (Fsp3) is 0.364. The van der Waals surface area contributed by atoms with Crippen LogP contribution in [0.25, 0.3) is 11.4 Å². The Kier molecular flexibility index (Phi) is 6.66. The summed E-state index contributed by atoms with van der Waals surface area (Å²) < 4.78 is 10.2. The predicted molar refractivity (Wildman–Crippen MR) is 113 cm³/mol. The minimum absolute atomic E-state index is 0.00273. The molecule has 0 saturated carbocycles. The van der Waals surface area contributed by atoms with Gasteiger partial charge in [0.1, 0.15) is 6.26 Å². The zero-order chi connectivity index (χ0) is 21.6. The number of halogens is 1. The lowest BCUT2D eigenvalue weighted by atomic mass is 10.0. The molecule has 1 aromatic carbocycles. The summed E-state index contributed by atoms with van der Waals surface area (Å²) in [6, 6.07) is 8.96. The van der Waals surface area contributed by atoms with Crippen molar-refractivity contribution >= 4 is 23.4 Å². The van der Waals surface area contributed by atoms with Gasteiger partial charge in [0, 0.05) is 42.6 Å². The molecule has 1 saturated heterocycles. The number of likely N-dealkylation sites (tertiary alicyclic amines) is 1. The van der Waals surface area contributed by atoms with E-state index in [1.807, 2.05) is 12.1 Å². The third-order valence-corrected chi connectivity index (χ3v) is 5.53. The Morgan fingerprint density at radius 3 is 2.65 bits per heavy atom. The molecule has 1 aliphatic heterocycles. The van der Waals surface area contributed by atoms with E-state index in [0.717, 1.165) is 18.4 Å². The lowest BCUT2D eigenvalue weighted by Gasteiger charge is -2.32. The van der Waals surface area contributed by atoms with Crippen molar-refractivity contribution in [2.24, 2.45) is 0 Å². The molecule has 1 N–H and O–H groups in total. The molecule has 162 valence electrons. The van der Waals surface area contributed by atoms with Crippen LogP contribution in [0.15, 0.2) is 51.8 Å². The van der Waals surface area contributed by atoms with E-state index in [4.69, 9.17) is 20.5 Å². The van der Waals surface area contributed by atoms with E-state index in [-0.39, 0.29) is 17.9 Å². The fourth-order valence-corrected chi connectivity index (χ4v) is 3.69. The van der Waals surface area contributed by atoms with Crippen molar-refractivity contribution in [3.8, 4) is 11.4 Å². The normalized spacial score (nSPS) is 14.5. The molecule has 8 nitrogen and oxygen atoms in total. The molecule has 3 aromatic rings. The van der Waals surface area contributed by atoms with Gasteiger partial charge in [-0.25, -0.2) is 0 Å². The van der Waals surface area contributed by atoms with Gasteiger partial charge in [-0.05, 0) is 49.6 Å². The molecule has 9 heteroatoms. The van der Waals surface area contributed by atoms with Gasteiger partial charge in [-0.3, -0.25) is 9.59 Å². The first-order chi connectivity index (χ1) is 15.1. The molecule has 4 rings (SSSR count). The molecule has 0 bridgehead atoms. The first kappa shape index (κ1) is 21.1. The van der Waals surface area contributed by atoms with Gasteiger partial charge in [0.15, 0.2) is 0 Å². The number of nitrogens with one attached hydrogen (secondary N) is 1. The van der Waals surface area contributed by atoms with E-state index in [9.17, 15) is 9.59 Å². The Bertz CT molecular complexity index is 1010. The zero-order valence-electron chi connectivity index (χ0n) is 16.9. The first-order valence-corrected chi connectivity index (χ1v) is 10.7. The van der Waals surface area contributed by atoms with Crippen molar-refractivity contribution in [2.45, 2.75) is 38.1 Å². The number of carbonyl (C=O) groups excluding carboxylic acids is 2. The maximum absolute atomic E-state index is 12.3. The van der Waals surface area contributed by atoms with Gasteiger partial charge in [-0.1, -0.05) is 16.8 Å². The summed E-state index contributed by atoms with van der Waals surface area (Å²) in [4.78, 5) is 30.8. The number of hydrogen-bond acceptors (Lipinski definition) is 6. The van der Waals surface area contributed by atoms with E-state index in [2.05, 4.69) is 15.5 Å². The van der Waals surface area contributed by atoms with Crippen LogP contribution in [0, 0.1) is 0 Å². The van der Waals surface area contributed by atoms with Crippen LogP contribution in [0.4, 0.5) is 0 Å². The van der Waals surface area contributed by atoms with Crippen molar-refractivity contribution in [1.82, 2.24) is 20.4 Å². The van der Waals surface area contributed by atoms with E-state index < -0.39 is 0 Å². The lowest BCUT2D eigenvalue weighted by Crippen LogP contribution is -2.46. The molecule has 0 spiro atoms. The van der Waals surface area contributed by atoms with Crippen molar-refractivity contribution in [3.05, 3.63) is 59.3 Å². The first-order valence-electron chi connectivity index (χ1n) is 10.3. The summed E-state index contributed by atoms with van der Waals surface area (Å²) in [5, 5.41) is 7.69. The van der Waals surface area contributed by atoms with Crippen LogP contribution in [0.2, 0.25) is 5.02 Å². The number of amides is 2. The van der Waals surface area contributed by atoms with Crippen LogP contribution >= 0.6 is 11.6 Å². The second-order valence-corrected chi connectivity index (χ2v) is 7.95. The SMILES string of the molecule is O=C(CCCc1nc(-c2ccc(Cl)cc2)no1)NC1CCN(C(=O)c2ccoc2)CC1. The van der Waals surface area contributed by atoms with Crippen LogP contribution in [-0.2, 0) is 11.2 Å². The third kappa shape index (κ3) is 5.52. The van der Waals surface area contributed by atoms with Gasteiger partial charge in [0.2, 0.25) is 17.6 Å². The summed E-state index contributed by atoms with van der Waals surface area (Å²) in [5.41, 5.74) is 1.39. The smallest absolute Gasteiger partial charge is 0.257 e. The molecule has 0 radical (unpaired) electrons. The number of benzene rings is 1. The van der Waals surface area contributed by atoms with Crippen LogP contribution < -0.4 is 5.32 Å². The van der Waals surface area contributed by atoms with Crippen LogP contribution in [0.1, 0.15) is 41.9 Å². The van der Waals surface area contributed by atoms with Crippen molar-refractivity contribution < 1.29 is 18.5 Å². The Balaban J connectivity index is 1.17. The van der Waals surface area contributed by atoms with E-state index in [1.165, 1.54) is 12.5 Å². The van der Waals surface area contributed by atoms with Gasteiger partial charge in [0.25, 0.3) is 5.91 Å². The fourth-order valence-electron chi connectivity index (χ4n) is 3.57. The second-order valence-electron chi connectivity index (χ2n) is 7.52. The molecule has 0 aliphatic carbocycles. The van der Waals surface area contributed by atoms with E-state index in [0.29, 0.717) is 54.7 Å². The van der Waals surface area contributed by atoms with Crippen LogP contribution in [-0.4, -0.2) is 46.0 Å². The van der Waals surface area contributed by atoms with Gasteiger partial charge in [-0.15, -0.1) is 0 Å².